The third-order valence-electron chi connectivity index (χ3n) is 5.38. The highest BCUT2D eigenvalue weighted by Crippen LogP contribution is 2.45. The Morgan fingerprint density at radius 2 is 1.76 bits per heavy atom. The molecular formula is C25H19Cl2NO5. The van der Waals surface area contributed by atoms with Crippen LogP contribution in [-0.4, -0.2) is 29.0 Å². The smallest absolute Gasteiger partial charge is 0.300 e. The van der Waals surface area contributed by atoms with Gasteiger partial charge in [-0.05, 0) is 54.4 Å². The van der Waals surface area contributed by atoms with Gasteiger partial charge in [0.05, 0.1) is 29.3 Å². The van der Waals surface area contributed by atoms with Crippen molar-refractivity contribution in [1.82, 2.24) is 0 Å². The van der Waals surface area contributed by atoms with E-state index in [1.807, 2.05) is 13.0 Å². The molecule has 1 saturated heterocycles. The van der Waals surface area contributed by atoms with Crippen molar-refractivity contribution in [1.29, 1.82) is 0 Å². The molecule has 0 radical (unpaired) electrons. The molecular weight excluding hydrogens is 465 g/mol. The Morgan fingerprint density at radius 1 is 1.03 bits per heavy atom. The first-order valence-corrected chi connectivity index (χ1v) is 10.7. The molecule has 2 N–H and O–H groups in total. The quantitative estimate of drug-likeness (QED) is 0.284. The molecule has 1 amide bonds. The van der Waals surface area contributed by atoms with Crippen LogP contribution in [0.5, 0.6) is 11.5 Å². The fraction of sp³-hybridized carbons (Fsp3) is 0.120. The van der Waals surface area contributed by atoms with Gasteiger partial charge in [-0.3, -0.25) is 14.5 Å². The first-order chi connectivity index (χ1) is 15.7. The van der Waals surface area contributed by atoms with Crippen LogP contribution in [0.4, 0.5) is 5.69 Å². The molecule has 1 heterocycles. The number of anilines is 1. The molecule has 8 heteroatoms. The fourth-order valence-corrected chi connectivity index (χ4v) is 4.55. The molecule has 1 atom stereocenters. The first kappa shape index (κ1) is 22.7. The second-order valence-electron chi connectivity index (χ2n) is 7.57. The van der Waals surface area contributed by atoms with E-state index in [-0.39, 0.29) is 32.7 Å². The summed E-state index contributed by atoms with van der Waals surface area (Å²) in [7, 11) is 1.37. The highest BCUT2D eigenvalue weighted by atomic mass is 35.5. The topological polar surface area (TPSA) is 87.1 Å². The van der Waals surface area contributed by atoms with Crippen molar-refractivity contribution in [2.45, 2.75) is 13.0 Å². The number of hydrogen-bond acceptors (Lipinski definition) is 5. The van der Waals surface area contributed by atoms with Crippen molar-refractivity contribution in [3.63, 3.8) is 0 Å². The first-order valence-electron chi connectivity index (χ1n) is 9.93. The molecule has 3 aromatic carbocycles. The number of aryl methyl sites for hydroxylation is 1. The molecule has 1 fully saturated rings. The van der Waals surface area contributed by atoms with E-state index in [1.54, 1.807) is 30.3 Å². The summed E-state index contributed by atoms with van der Waals surface area (Å²) in [6, 6.07) is 15.1. The number of phenolic OH excluding ortho intramolecular Hbond substituents is 1. The van der Waals surface area contributed by atoms with Crippen LogP contribution in [0.2, 0.25) is 10.0 Å². The minimum absolute atomic E-state index is 0.0503. The van der Waals surface area contributed by atoms with Gasteiger partial charge in [0.25, 0.3) is 11.7 Å². The standard InChI is InChI=1S/C25H19Cl2NO5/c1-13-5-3-7-16(9-13)28-21(14-6-4-8-17(29)10-14)20(23(31)25(28)32)22(30)18-11-15(26)12-19(27)24(18)33-2/h3-12,21,29-30H,1-2H3/b22-20+. The van der Waals surface area contributed by atoms with Crippen molar-refractivity contribution in [3.8, 4) is 11.5 Å². The van der Waals surface area contributed by atoms with Crippen molar-refractivity contribution < 1.29 is 24.5 Å². The van der Waals surface area contributed by atoms with Crippen LogP contribution in [-0.2, 0) is 9.59 Å². The van der Waals surface area contributed by atoms with Crippen LogP contribution < -0.4 is 9.64 Å². The molecule has 168 valence electrons. The Kier molecular flexibility index (Phi) is 6.06. The third kappa shape index (κ3) is 4.03. The Bertz CT molecular complexity index is 1320. The number of aromatic hydroxyl groups is 1. The number of rotatable bonds is 4. The van der Waals surface area contributed by atoms with Crippen LogP contribution in [0.15, 0.2) is 66.2 Å². The lowest BCUT2D eigenvalue weighted by Crippen LogP contribution is -2.29. The number of hydrogen-bond donors (Lipinski definition) is 2. The summed E-state index contributed by atoms with van der Waals surface area (Å²) in [6.45, 7) is 1.86. The predicted molar refractivity (Wildman–Crippen MR) is 127 cm³/mol. The van der Waals surface area contributed by atoms with Crippen molar-refractivity contribution in [2.24, 2.45) is 0 Å². The minimum Gasteiger partial charge on any atom is -0.508 e. The van der Waals surface area contributed by atoms with Crippen LogP contribution in [0.3, 0.4) is 0 Å². The molecule has 0 aromatic heterocycles. The number of carbonyl (C=O) groups is 2. The lowest BCUT2D eigenvalue weighted by molar-refractivity contribution is -0.132. The van der Waals surface area contributed by atoms with Gasteiger partial charge < -0.3 is 14.9 Å². The van der Waals surface area contributed by atoms with E-state index in [2.05, 4.69) is 0 Å². The number of halogens is 2. The summed E-state index contributed by atoms with van der Waals surface area (Å²) < 4.78 is 5.33. The monoisotopic (exact) mass is 483 g/mol. The molecule has 4 rings (SSSR count). The molecule has 1 aliphatic rings. The van der Waals surface area contributed by atoms with Crippen LogP contribution in [0.25, 0.3) is 5.76 Å². The van der Waals surface area contributed by atoms with Crippen LogP contribution in [0, 0.1) is 6.92 Å². The largest absolute Gasteiger partial charge is 0.508 e. The van der Waals surface area contributed by atoms with E-state index in [0.717, 1.165) is 5.56 Å². The lowest BCUT2D eigenvalue weighted by atomic mass is 9.94. The van der Waals surface area contributed by atoms with E-state index >= 15 is 0 Å². The molecule has 0 spiro atoms. The highest BCUT2D eigenvalue weighted by Gasteiger charge is 2.47. The number of amides is 1. The van der Waals surface area contributed by atoms with Gasteiger partial charge in [-0.1, -0.05) is 47.5 Å². The number of Topliss-reactive ketones (excluding diaryl/α,β-unsaturated/α-hetero) is 1. The number of methoxy groups -OCH3 is 1. The van der Waals surface area contributed by atoms with Gasteiger partial charge in [0.1, 0.15) is 17.3 Å². The number of carbonyl (C=O) groups excluding carboxylic acids is 2. The number of benzene rings is 3. The maximum Gasteiger partial charge on any atom is 0.300 e. The van der Waals surface area contributed by atoms with Crippen molar-refractivity contribution in [2.75, 3.05) is 12.0 Å². The normalized spacial score (nSPS) is 17.5. The summed E-state index contributed by atoms with van der Waals surface area (Å²) in [6.07, 6.45) is 0. The van der Waals surface area contributed by atoms with E-state index in [0.29, 0.717) is 11.3 Å². The Balaban J connectivity index is 2.02. The van der Waals surface area contributed by atoms with Gasteiger partial charge >= 0.3 is 0 Å². The number of ether oxygens (including phenoxy) is 1. The Morgan fingerprint density at radius 3 is 2.42 bits per heavy atom. The Hall–Kier alpha value is -3.48. The summed E-state index contributed by atoms with van der Waals surface area (Å²) in [5.74, 6) is -2.14. The van der Waals surface area contributed by atoms with Gasteiger partial charge in [0.2, 0.25) is 0 Å². The molecule has 0 aliphatic carbocycles. The van der Waals surface area contributed by atoms with Gasteiger partial charge in [0, 0.05) is 10.7 Å². The Labute approximate surface area is 200 Å². The van der Waals surface area contributed by atoms with Crippen molar-refractivity contribution >= 4 is 46.3 Å². The number of aliphatic hydroxyl groups excluding tert-OH is 1. The fourth-order valence-electron chi connectivity index (χ4n) is 3.98. The summed E-state index contributed by atoms with van der Waals surface area (Å²) in [5.41, 5.74) is 1.68. The van der Waals surface area contributed by atoms with Crippen LogP contribution >= 0.6 is 23.2 Å². The maximum atomic E-state index is 13.2. The van der Waals surface area contributed by atoms with Gasteiger partial charge in [0.15, 0.2) is 0 Å². The molecule has 1 unspecified atom stereocenters. The molecule has 0 saturated carbocycles. The van der Waals surface area contributed by atoms with E-state index in [1.165, 1.54) is 36.3 Å². The predicted octanol–water partition coefficient (Wildman–Crippen LogP) is 5.64. The average molecular weight is 484 g/mol. The summed E-state index contributed by atoms with van der Waals surface area (Å²) in [4.78, 5) is 27.8. The maximum absolute atomic E-state index is 13.2. The molecule has 0 bridgehead atoms. The van der Waals surface area contributed by atoms with E-state index in [9.17, 15) is 19.8 Å². The number of ketones is 1. The van der Waals surface area contributed by atoms with Gasteiger partial charge in [-0.15, -0.1) is 0 Å². The molecule has 6 nitrogen and oxygen atoms in total. The zero-order valence-corrected chi connectivity index (χ0v) is 19.2. The lowest BCUT2D eigenvalue weighted by Gasteiger charge is -2.26. The van der Waals surface area contributed by atoms with E-state index < -0.39 is 23.5 Å². The van der Waals surface area contributed by atoms with Gasteiger partial charge in [-0.25, -0.2) is 0 Å². The zero-order chi connectivity index (χ0) is 23.9. The second-order valence-corrected chi connectivity index (χ2v) is 8.42. The number of phenols is 1. The SMILES string of the molecule is COc1c(Cl)cc(Cl)cc1/C(O)=C1\C(=O)C(=O)N(c2cccc(C)c2)C1c1cccc(O)c1. The summed E-state index contributed by atoms with van der Waals surface area (Å²) in [5, 5.41) is 21.7. The molecule has 3 aromatic rings. The van der Waals surface area contributed by atoms with Gasteiger partial charge in [-0.2, -0.15) is 0 Å². The van der Waals surface area contributed by atoms with Crippen LogP contribution in [0.1, 0.15) is 22.7 Å². The van der Waals surface area contributed by atoms with Crippen molar-refractivity contribution in [3.05, 3.63) is 93.0 Å². The second kappa shape index (κ2) is 8.81. The average Bonchev–Trinajstić information content (AvgIpc) is 3.03. The molecule has 33 heavy (non-hydrogen) atoms. The summed E-state index contributed by atoms with van der Waals surface area (Å²) >= 11 is 12.4. The van der Waals surface area contributed by atoms with E-state index in [4.69, 9.17) is 27.9 Å². The zero-order valence-electron chi connectivity index (χ0n) is 17.7. The number of aliphatic hydroxyl groups is 1. The highest BCUT2D eigenvalue weighted by molar-refractivity contribution is 6.52. The minimum atomic E-state index is -1.01. The number of nitrogens with zero attached hydrogens (tertiary/aromatic N) is 1. The molecule has 1 aliphatic heterocycles. The third-order valence-corrected chi connectivity index (χ3v) is 5.88.